The van der Waals surface area contributed by atoms with Crippen LogP contribution in [0.2, 0.25) is 0 Å². The van der Waals surface area contributed by atoms with Crippen LogP contribution < -0.4 is 10.5 Å². The van der Waals surface area contributed by atoms with Crippen LogP contribution in [0.4, 0.5) is 22.0 Å². The van der Waals surface area contributed by atoms with Gasteiger partial charge in [0.2, 0.25) is 6.43 Å². The molecule has 1 atom stereocenters. The lowest BCUT2D eigenvalue weighted by atomic mass is 9.98. The maximum absolute atomic E-state index is 12.8. The van der Waals surface area contributed by atoms with Gasteiger partial charge in [-0.05, 0) is 17.7 Å². The van der Waals surface area contributed by atoms with Crippen molar-refractivity contribution in [2.24, 2.45) is 5.73 Å². The fourth-order valence-electron chi connectivity index (χ4n) is 1.55. The van der Waals surface area contributed by atoms with Gasteiger partial charge in [0.15, 0.2) is 0 Å². The zero-order valence-electron chi connectivity index (χ0n) is 9.47. The zero-order chi connectivity index (χ0) is 13.9. The van der Waals surface area contributed by atoms with Crippen LogP contribution in [0.15, 0.2) is 18.2 Å². The second-order valence-corrected chi connectivity index (χ2v) is 3.68. The lowest BCUT2D eigenvalue weighted by molar-refractivity contribution is -0.138. The predicted octanol–water partition coefficient (Wildman–Crippen LogP) is 3.37. The molecule has 1 rings (SSSR count). The molecule has 0 spiro atoms. The van der Waals surface area contributed by atoms with Gasteiger partial charge in [-0.15, -0.1) is 0 Å². The van der Waals surface area contributed by atoms with Crippen molar-refractivity contribution in [2.45, 2.75) is 25.1 Å². The van der Waals surface area contributed by atoms with Crippen LogP contribution in [-0.2, 0) is 6.18 Å². The molecule has 18 heavy (non-hydrogen) atoms. The average Bonchev–Trinajstić information content (AvgIpc) is 2.26. The Bertz CT molecular complexity index is 405. The van der Waals surface area contributed by atoms with Crippen LogP contribution in [-0.4, -0.2) is 13.5 Å². The van der Waals surface area contributed by atoms with Gasteiger partial charge in [0.1, 0.15) is 5.75 Å². The first-order valence-electron chi connectivity index (χ1n) is 5.04. The normalized spacial score (nSPS) is 13.8. The van der Waals surface area contributed by atoms with Crippen molar-refractivity contribution in [3.63, 3.8) is 0 Å². The molecule has 0 heterocycles. The summed E-state index contributed by atoms with van der Waals surface area (Å²) in [6.45, 7) is 0. The lowest BCUT2D eigenvalue weighted by Gasteiger charge is -2.18. The van der Waals surface area contributed by atoms with Crippen molar-refractivity contribution in [3.8, 4) is 5.75 Å². The summed E-state index contributed by atoms with van der Waals surface area (Å²) in [7, 11) is 1.22. The first-order valence-corrected chi connectivity index (χ1v) is 5.04. The van der Waals surface area contributed by atoms with E-state index in [1.165, 1.54) is 13.2 Å². The summed E-state index contributed by atoms with van der Waals surface area (Å²) in [5, 5.41) is 0. The van der Waals surface area contributed by atoms with E-state index in [4.69, 9.17) is 5.73 Å². The zero-order valence-corrected chi connectivity index (χ0v) is 9.47. The first-order chi connectivity index (χ1) is 8.25. The maximum Gasteiger partial charge on any atom is 0.416 e. The molecular weight excluding hydrogens is 257 g/mol. The van der Waals surface area contributed by atoms with E-state index >= 15 is 0 Å². The average molecular weight is 269 g/mol. The highest BCUT2D eigenvalue weighted by Gasteiger charge is 2.35. The molecule has 0 unspecified atom stereocenters. The van der Waals surface area contributed by atoms with E-state index in [1.54, 1.807) is 0 Å². The smallest absolute Gasteiger partial charge is 0.416 e. The Hall–Kier alpha value is -1.37. The first kappa shape index (κ1) is 14.7. The predicted molar refractivity (Wildman–Crippen MR) is 55.5 cm³/mol. The summed E-state index contributed by atoms with van der Waals surface area (Å²) in [6, 6.07) is 1.71. The summed E-state index contributed by atoms with van der Waals surface area (Å²) < 4.78 is 67.3. The number of rotatable bonds is 4. The van der Waals surface area contributed by atoms with Crippen LogP contribution in [0.5, 0.6) is 5.75 Å². The van der Waals surface area contributed by atoms with Gasteiger partial charge in [0, 0.05) is 12.5 Å². The quantitative estimate of drug-likeness (QED) is 0.850. The SMILES string of the molecule is COc1ccc([C@H](N)CC(F)F)c(C(F)(F)F)c1. The Kier molecular flexibility index (Phi) is 4.50. The second kappa shape index (κ2) is 5.51. The van der Waals surface area contributed by atoms with Crippen LogP contribution in [0.25, 0.3) is 0 Å². The van der Waals surface area contributed by atoms with E-state index in [-0.39, 0.29) is 11.3 Å². The number of alkyl halides is 5. The van der Waals surface area contributed by atoms with Crippen molar-refractivity contribution in [1.82, 2.24) is 0 Å². The highest BCUT2D eigenvalue weighted by atomic mass is 19.4. The van der Waals surface area contributed by atoms with Gasteiger partial charge in [-0.2, -0.15) is 13.2 Å². The van der Waals surface area contributed by atoms with Crippen molar-refractivity contribution in [3.05, 3.63) is 29.3 Å². The molecule has 0 aliphatic rings. The molecule has 2 N–H and O–H groups in total. The summed E-state index contributed by atoms with van der Waals surface area (Å²) in [5.41, 5.74) is 3.96. The fourth-order valence-corrected chi connectivity index (χ4v) is 1.55. The number of nitrogens with two attached hydrogens (primary N) is 1. The van der Waals surface area contributed by atoms with Gasteiger partial charge in [-0.3, -0.25) is 0 Å². The summed E-state index contributed by atoms with van der Waals surface area (Å²) in [4.78, 5) is 0. The van der Waals surface area contributed by atoms with Gasteiger partial charge >= 0.3 is 6.18 Å². The Morgan fingerprint density at radius 3 is 2.33 bits per heavy atom. The standard InChI is InChI=1S/C11H12F5NO/c1-18-6-2-3-7(9(17)5-10(12)13)8(4-6)11(14,15)16/h2-4,9-10H,5,17H2,1H3/t9-/m1/s1. The van der Waals surface area contributed by atoms with Crippen LogP contribution >= 0.6 is 0 Å². The summed E-state index contributed by atoms with van der Waals surface area (Å²) >= 11 is 0. The number of hydrogen-bond donors (Lipinski definition) is 1. The lowest BCUT2D eigenvalue weighted by Crippen LogP contribution is -2.19. The summed E-state index contributed by atoms with van der Waals surface area (Å²) in [5.74, 6) is -0.00433. The molecular formula is C11H12F5NO. The molecule has 0 aromatic heterocycles. The van der Waals surface area contributed by atoms with Gasteiger partial charge in [-0.25, -0.2) is 8.78 Å². The molecule has 0 fully saturated rings. The van der Waals surface area contributed by atoms with Crippen molar-refractivity contribution >= 4 is 0 Å². The van der Waals surface area contributed by atoms with E-state index in [2.05, 4.69) is 4.74 Å². The van der Waals surface area contributed by atoms with Gasteiger partial charge in [-0.1, -0.05) is 6.07 Å². The minimum atomic E-state index is -4.66. The Balaban J connectivity index is 3.18. The third-order valence-electron chi connectivity index (χ3n) is 2.40. The number of methoxy groups -OCH3 is 1. The highest BCUT2D eigenvalue weighted by Crippen LogP contribution is 2.37. The molecule has 0 saturated heterocycles. The number of halogens is 5. The van der Waals surface area contributed by atoms with E-state index in [0.29, 0.717) is 0 Å². The number of benzene rings is 1. The molecule has 102 valence electrons. The fraction of sp³-hybridized carbons (Fsp3) is 0.455. The number of hydrogen-bond acceptors (Lipinski definition) is 2. The molecule has 0 bridgehead atoms. The number of ether oxygens (including phenoxy) is 1. The second-order valence-electron chi connectivity index (χ2n) is 3.68. The van der Waals surface area contributed by atoms with E-state index < -0.39 is 30.6 Å². The van der Waals surface area contributed by atoms with Crippen LogP contribution in [0.1, 0.15) is 23.6 Å². The third kappa shape index (κ3) is 3.56. The molecule has 0 aliphatic carbocycles. The molecule has 0 aliphatic heterocycles. The van der Waals surface area contributed by atoms with Crippen molar-refractivity contribution in [2.75, 3.05) is 7.11 Å². The Labute approximate surface area is 101 Å². The van der Waals surface area contributed by atoms with E-state index in [0.717, 1.165) is 12.1 Å². The molecule has 1 aromatic carbocycles. The molecule has 0 saturated carbocycles. The van der Waals surface area contributed by atoms with Crippen LogP contribution in [0, 0.1) is 0 Å². The minimum absolute atomic E-state index is 0.00433. The molecule has 0 radical (unpaired) electrons. The van der Waals surface area contributed by atoms with Crippen molar-refractivity contribution in [1.29, 1.82) is 0 Å². The third-order valence-corrected chi connectivity index (χ3v) is 2.40. The van der Waals surface area contributed by atoms with Gasteiger partial charge < -0.3 is 10.5 Å². The molecule has 0 amide bonds. The Morgan fingerprint density at radius 2 is 1.89 bits per heavy atom. The molecule has 7 heteroatoms. The minimum Gasteiger partial charge on any atom is -0.497 e. The maximum atomic E-state index is 12.8. The van der Waals surface area contributed by atoms with Gasteiger partial charge in [0.05, 0.1) is 12.7 Å². The topological polar surface area (TPSA) is 35.2 Å². The Morgan fingerprint density at radius 1 is 1.28 bits per heavy atom. The largest absolute Gasteiger partial charge is 0.497 e. The van der Waals surface area contributed by atoms with Crippen molar-refractivity contribution < 1.29 is 26.7 Å². The van der Waals surface area contributed by atoms with Gasteiger partial charge in [0.25, 0.3) is 0 Å². The van der Waals surface area contributed by atoms with E-state index in [1.807, 2.05) is 0 Å². The molecule has 2 nitrogen and oxygen atoms in total. The van der Waals surface area contributed by atoms with Crippen LogP contribution in [0.3, 0.4) is 0 Å². The molecule has 1 aromatic rings. The van der Waals surface area contributed by atoms with E-state index in [9.17, 15) is 22.0 Å². The summed E-state index contributed by atoms with van der Waals surface area (Å²) in [6.07, 6.45) is -8.25. The highest BCUT2D eigenvalue weighted by molar-refractivity contribution is 5.39. The monoisotopic (exact) mass is 269 g/mol.